The van der Waals surface area contributed by atoms with E-state index >= 15 is 0 Å². The third kappa shape index (κ3) is 19.9. The average molecular weight is 694 g/mol. The fraction of sp³-hybridized carbons (Fsp3) is 0.250. The summed E-state index contributed by atoms with van der Waals surface area (Å²) in [7, 11) is -9.37. The smallest absolute Gasteiger partial charge is 0.822 e. The van der Waals surface area contributed by atoms with Gasteiger partial charge in [-0.15, -0.1) is 0 Å². The van der Waals surface area contributed by atoms with Crippen molar-refractivity contribution < 1.29 is 65.7 Å². The molecule has 1 N–H and O–H groups in total. The van der Waals surface area contributed by atoms with E-state index in [9.17, 15) is 13.0 Å². The van der Waals surface area contributed by atoms with Gasteiger partial charge in [0.1, 0.15) is 5.75 Å². The molecule has 0 amide bonds. The van der Waals surface area contributed by atoms with Gasteiger partial charge in [-0.3, -0.25) is 9.19 Å². The van der Waals surface area contributed by atoms with Crippen LogP contribution in [0.25, 0.3) is 11.0 Å². The Hall–Kier alpha value is 1.25. The summed E-state index contributed by atoms with van der Waals surface area (Å²) in [5.41, 5.74) is 1.38. The number of methoxy groups -OCH3 is 2. The predicted octanol–water partition coefficient (Wildman–Crippen LogP) is -3.91. The van der Waals surface area contributed by atoms with E-state index in [-0.39, 0.29) is 130 Å². The number of H-pyrrole nitrogens is 1. The number of nitrogens with one attached hydrogen (secondary N) is 1. The molecule has 0 aliphatic carbocycles. The number of hydrogen-bond acceptors (Lipinski definition) is 14. The Labute approximate surface area is 312 Å². The number of aromatic amines is 1. The Morgan fingerprint density at radius 1 is 0.974 bits per heavy atom. The van der Waals surface area contributed by atoms with Crippen molar-refractivity contribution in [3.05, 3.63) is 36.2 Å². The monoisotopic (exact) mass is 693 g/mol. The van der Waals surface area contributed by atoms with E-state index in [1.54, 1.807) is 6.07 Å². The van der Waals surface area contributed by atoms with Gasteiger partial charge >= 0.3 is 120 Å². The number of nitrogens with zero attached hydrogens (tertiary/aromatic N) is 2. The van der Waals surface area contributed by atoms with Crippen LogP contribution in [0.1, 0.15) is 5.69 Å². The molecule has 15 nitrogen and oxygen atoms in total. The molecule has 0 fully saturated rings. The summed E-state index contributed by atoms with van der Waals surface area (Å²) in [4.78, 5) is 62.6. The van der Waals surface area contributed by atoms with Crippen LogP contribution >= 0.6 is 15.6 Å². The maximum Gasteiger partial charge on any atom is 2.00 e. The minimum atomic E-state index is -5.39. The van der Waals surface area contributed by atoms with Crippen molar-refractivity contribution in [1.29, 1.82) is 0 Å². The molecule has 3 rings (SSSR count). The molecular weight excluding hydrogens is 678 g/mol. The third-order valence-corrected chi connectivity index (χ3v) is 4.67. The Morgan fingerprint density at radius 3 is 1.97 bits per heavy atom. The minimum absolute atomic E-state index is 0. The molecule has 0 saturated heterocycles. The number of ether oxygens (including phenoxy) is 3. The van der Waals surface area contributed by atoms with Crippen LogP contribution in [-0.4, -0.2) is 153 Å². The van der Waals surface area contributed by atoms with Crippen molar-refractivity contribution in [3.8, 4) is 17.2 Å². The largest absolute Gasteiger partial charge is 2.00 e. The molecule has 0 aliphatic heterocycles. The first-order chi connectivity index (χ1) is 16.5. The van der Waals surface area contributed by atoms with Crippen molar-refractivity contribution in [2.45, 2.75) is 17.5 Å². The zero-order valence-electron chi connectivity index (χ0n) is 20.1. The van der Waals surface area contributed by atoms with Crippen LogP contribution in [0.15, 0.2) is 35.6 Å². The van der Waals surface area contributed by atoms with E-state index in [1.807, 2.05) is 0 Å². The molecule has 2 aromatic heterocycles. The van der Waals surface area contributed by atoms with E-state index in [0.29, 0.717) is 28.2 Å². The van der Waals surface area contributed by atoms with Crippen molar-refractivity contribution >= 4 is 151 Å². The van der Waals surface area contributed by atoms with Gasteiger partial charge in [-0.05, 0) is 12.1 Å². The Balaban J connectivity index is -0.000000860. The van der Waals surface area contributed by atoms with Gasteiger partial charge in [0.2, 0.25) is 0 Å². The average Bonchev–Trinajstić information content (AvgIpc) is 3.14. The summed E-state index contributed by atoms with van der Waals surface area (Å²) in [5.74, 6) is 0.908. The number of imidazole rings is 1. The molecular formula is C16H15Ca3F2N3O12P2S. The molecule has 0 saturated carbocycles. The number of phosphoric acid groups is 2. The van der Waals surface area contributed by atoms with Gasteiger partial charge in [0.25, 0.3) is 0 Å². The van der Waals surface area contributed by atoms with Crippen molar-refractivity contribution in [1.82, 2.24) is 15.0 Å². The van der Waals surface area contributed by atoms with E-state index in [0.717, 1.165) is 0 Å². The SMILES string of the molecule is COc1ccnc(CS(=O)c2nc3ccc(OC(F)F)cc3[nH]2)c1OC.O=P([O-])([O-])[O-].O=P([O-])([O-])[O-].[Ca+2].[Ca+2].[Ca+2]. The number of rotatable bonds is 7. The van der Waals surface area contributed by atoms with Gasteiger partial charge in [-0.2, -0.15) is 24.4 Å². The number of benzene rings is 1. The summed E-state index contributed by atoms with van der Waals surface area (Å²) in [6, 6.07) is 5.89. The van der Waals surface area contributed by atoms with E-state index in [4.69, 9.17) is 48.0 Å². The van der Waals surface area contributed by atoms with Crippen LogP contribution in [0.4, 0.5) is 8.78 Å². The van der Waals surface area contributed by atoms with E-state index in [1.165, 1.54) is 38.6 Å². The van der Waals surface area contributed by atoms with Crippen LogP contribution in [0.3, 0.4) is 0 Å². The number of halogens is 2. The molecule has 2 heterocycles. The zero-order chi connectivity index (χ0) is 27.7. The molecule has 0 radical (unpaired) electrons. The quantitative estimate of drug-likeness (QED) is 0.183. The Kier molecular flexibility index (Phi) is 24.1. The maximum atomic E-state index is 12.6. The fourth-order valence-electron chi connectivity index (χ4n) is 2.40. The normalized spacial score (nSPS) is 11.3. The fourth-order valence-corrected chi connectivity index (χ4v) is 3.41. The third-order valence-electron chi connectivity index (χ3n) is 3.51. The van der Waals surface area contributed by atoms with Gasteiger partial charge in [0.15, 0.2) is 16.7 Å². The Bertz CT molecular complexity index is 1250. The first-order valence-electron chi connectivity index (χ1n) is 8.86. The second-order valence-corrected chi connectivity index (χ2v) is 9.13. The molecule has 0 spiro atoms. The second-order valence-electron chi connectivity index (χ2n) is 5.98. The zero-order valence-corrected chi connectivity index (χ0v) is 29.4. The number of hydrogen-bond donors (Lipinski definition) is 1. The minimum Gasteiger partial charge on any atom is -0.822 e. The molecule has 1 aromatic carbocycles. The van der Waals surface area contributed by atoms with Gasteiger partial charge in [-0.25, -0.2) is 4.98 Å². The first-order valence-corrected chi connectivity index (χ1v) is 13.1. The van der Waals surface area contributed by atoms with Crippen LogP contribution in [0, 0.1) is 0 Å². The predicted molar refractivity (Wildman–Crippen MR) is 123 cm³/mol. The second kappa shape index (κ2) is 21.0. The molecule has 1 unspecified atom stereocenters. The van der Waals surface area contributed by atoms with Crippen molar-refractivity contribution in [2.24, 2.45) is 0 Å². The van der Waals surface area contributed by atoms with Crippen LogP contribution in [0.5, 0.6) is 17.2 Å². The summed E-state index contributed by atoms with van der Waals surface area (Å²) in [6.45, 7) is -2.92. The summed E-state index contributed by atoms with van der Waals surface area (Å²) >= 11 is 0. The van der Waals surface area contributed by atoms with Gasteiger partial charge in [0.05, 0.1) is 47.5 Å². The van der Waals surface area contributed by atoms with Gasteiger partial charge < -0.3 is 57.7 Å². The number of fused-ring (bicyclic) bond motifs is 1. The molecule has 0 aliphatic rings. The van der Waals surface area contributed by atoms with Crippen molar-refractivity contribution in [3.63, 3.8) is 0 Å². The Morgan fingerprint density at radius 2 is 1.51 bits per heavy atom. The van der Waals surface area contributed by atoms with Crippen molar-refractivity contribution in [2.75, 3.05) is 14.2 Å². The molecule has 3 aromatic rings. The summed E-state index contributed by atoms with van der Waals surface area (Å²) in [6.07, 6.45) is 1.53. The standard InChI is InChI=1S/C16H15F2N3O4S.3Ca.2H3O4P/c1-23-13-5-6-19-12(14(13)24-2)8-26(22)16-20-10-4-3-9(25-15(17)18)7-11(10)21-16;;;;2*1-5(2,3)4/h3-7,15H,8H2,1-2H3,(H,20,21);;;;2*(H3,1,2,3,4)/q;3*+2;;/p-6. The van der Waals surface area contributed by atoms with Gasteiger partial charge in [0, 0.05) is 18.3 Å². The molecule has 202 valence electrons. The number of aromatic nitrogens is 3. The number of alkyl halides is 2. The molecule has 1 atom stereocenters. The maximum absolute atomic E-state index is 12.6. The molecule has 23 heteroatoms. The summed E-state index contributed by atoms with van der Waals surface area (Å²) in [5, 5.41) is 0.195. The molecule has 0 bridgehead atoms. The topological polar surface area (TPSA) is 259 Å². The van der Waals surface area contributed by atoms with Crippen LogP contribution in [0.2, 0.25) is 0 Å². The van der Waals surface area contributed by atoms with Crippen LogP contribution < -0.4 is 43.6 Å². The number of pyridine rings is 1. The first kappa shape index (κ1) is 44.7. The van der Waals surface area contributed by atoms with Crippen LogP contribution in [-0.2, 0) is 25.7 Å². The van der Waals surface area contributed by atoms with E-state index in [2.05, 4.69) is 19.7 Å². The van der Waals surface area contributed by atoms with Gasteiger partial charge in [-0.1, -0.05) is 0 Å². The van der Waals surface area contributed by atoms with E-state index < -0.39 is 33.1 Å². The summed E-state index contributed by atoms with van der Waals surface area (Å²) < 4.78 is 69.2. The molecule has 39 heavy (non-hydrogen) atoms.